The number of hydrogen-bond donors (Lipinski definition) is 2. The summed E-state index contributed by atoms with van der Waals surface area (Å²) < 4.78 is 0. The number of carboxylic acid groups (broad SMARTS) is 1. The molecular weight excluding hydrogens is 256 g/mol. The molecule has 0 heterocycles. The fourth-order valence-corrected chi connectivity index (χ4v) is 1.81. The van der Waals surface area contributed by atoms with Gasteiger partial charge in [0.1, 0.15) is 0 Å². The molecule has 0 aliphatic heterocycles. The number of aryl methyl sites for hydroxylation is 1. The van der Waals surface area contributed by atoms with Crippen LogP contribution in [0.2, 0.25) is 0 Å². The molecule has 0 saturated carbocycles. The van der Waals surface area contributed by atoms with Crippen molar-refractivity contribution in [3.8, 4) is 0 Å². The molecule has 1 aromatic rings. The summed E-state index contributed by atoms with van der Waals surface area (Å²) >= 11 is 0. The van der Waals surface area contributed by atoms with Gasteiger partial charge in [-0.1, -0.05) is 6.07 Å². The Morgan fingerprint density at radius 1 is 1.30 bits per heavy atom. The molecule has 0 bridgehead atoms. The third kappa shape index (κ3) is 4.42. The number of rotatable bonds is 5. The second-order valence-electron chi connectivity index (χ2n) is 4.35. The van der Waals surface area contributed by atoms with Crippen LogP contribution in [0, 0.1) is 6.92 Å². The number of carboxylic acids is 1. The van der Waals surface area contributed by atoms with Crippen LogP contribution >= 0.6 is 0 Å². The summed E-state index contributed by atoms with van der Waals surface area (Å²) in [6, 6.07) is 5.23. The van der Waals surface area contributed by atoms with Gasteiger partial charge in [0.15, 0.2) is 0 Å². The highest BCUT2D eigenvalue weighted by molar-refractivity contribution is 5.90. The van der Waals surface area contributed by atoms with E-state index in [0.717, 1.165) is 17.2 Å². The molecule has 0 aliphatic rings. The van der Waals surface area contributed by atoms with Gasteiger partial charge in [-0.3, -0.25) is 0 Å². The maximum absolute atomic E-state index is 11.9. The van der Waals surface area contributed by atoms with Gasteiger partial charge in [0.2, 0.25) is 0 Å². The lowest BCUT2D eigenvalue weighted by atomic mass is 10.1. The number of urea groups is 1. The number of amides is 2. The van der Waals surface area contributed by atoms with Crippen molar-refractivity contribution in [1.82, 2.24) is 4.90 Å². The lowest BCUT2D eigenvalue weighted by Crippen LogP contribution is -2.34. The molecule has 1 aromatic carbocycles. The second-order valence-corrected chi connectivity index (χ2v) is 4.35. The van der Waals surface area contributed by atoms with E-state index in [1.165, 1.54) is 6.08 Å². The zero-order valence-electron chi connectivity index (χ0n) is 12.0. The minimum Gasteiger partial charge on any atom is -0.478 e. The highest BCUT2D eigenvalue weighted by atomic mass is 16.4. The first-order valence-electron chi connectivity index (χ1n) is 6.55. The number of aliphatic carboxylic acids is 1. The number of carbonyl (C=O) groups is 2. The summed E-state index contributed by atoms with van der Waals surface area (Å²) in [5.41, 5.74) is 2.42. The van der Waals surface area contributed by atoms with Crippen LogP contribution in [0.1, 0.15) is 25.0 Å². The van der Waals surface area contributed by atoms with Crippen LogP contribution in [0.4, 0.5) is 10.5 Å². The van der Waals surface area contributed by atoms with E-state index < -0.39 is 5.97 Å². The molecule has 0 aromatic heterocycles. The summed E-state index contributed by atoms with van der Waals surface area (Å²) in [7, 11) is 0. The van der Waals surface area contributed by atoms with E-state index in [-0.39, 0.29) is 6.03 Å². The highest BCUT2D eigenvalue weighted by Gasteiger charge is 2.09. The van der Waals surface area contributed by atoms with Gasteiger partial charge >= 0.3 is 12.0 Å². The van der Waals surface area contributed by atoms with Gasteiger partial charge in [0, 0.05) is 24.9 Å². The quantitative estimate of drug-likeness (QED) is 0.812. The highest BCUT2D eigenvalue weighted by Crippen LogP contribution is 2.17. The van der Waals surface area contributed by atoms with Crippen LogP contribution < -0.4 is 5.32 Å². The van der Waals surface area contributed by atoms with Crippen LogP contribution in [0.15, 0.2) is 24.3 Å². The van der Waals surface area contributed by atoms with Gasteiger partial charge in [0.25, 0.3) is 0 Å². The zero-order valence-corrected chi connectivity index (χ0v) is 12.0. The topological polar surface area (TPSA) is 69.6 Å². The van der Waals surface area contributed by atoms with Crippen molar-refractivity contribution in [2.75, 3.05) is 18.4 Å². The van der Waals surface area contributed by atoms with Crippen LogP contribution in [-0.2, 0) is 4.79 Å². The molecule has 1 rings (SSSR count). The van der Waals surface area contributed by atoms with E-state index >= 15 is 0 Å². The molecule has 5 nitrogen and oxygen atoms in total. The average molecular weight is 276 g/mol. The Labute approximate surface area is 118 Å². The Morgan fingerprint density at radius 3 is 2.45 bits per heavy atom. The summed E-state index contributed by atoms with van der Waals surface area (Å²) in [5, 5.41) is 11.4. The SMILES string of the molecule is CCN(CC)C(=O)Nc1ccc(C=CC(=O)O)c(C)c1. The minimum absolute atomic E-state index is 0.136. The Hall–Kier alpha value is -2.30. The number of anilines is 1. The van der Waals surface area contributed by atoms with E-state index in [1.807, 2.05) is 26.8 Å². The van der Waals surface area contributed by atoms with Crippen molar-refractivity contribution in [1.29, 1.82) is 0 Å². The second kappa shape index (κ2) is 7.33. The largest absolute Gasteiger partial charge is 0.478 e. The molecule has 0 spiro atoms. The van der Waals surface area contributed by atoms with Crippen LogP contribution in [0.25, 0.3) is 6.08 Å². The Kier molecular flexibility index (Phi) is 5.77. The minimum atomic E-state index is -0.983. The molecule has 0 radical (unpaired) electrons. The zero-order chi connectivity index (χ0) is 15.1. The molecular formula is C15H20N2O3. The maximum atomic E-state index is 11.9. The van der Waals surface area contributed by atoms with Gasteiger partial charge in [-0.05, 0) is 50.1 Å². The van der Waals surface area contributed by atoms with E-state index in [2.05, 4.69) is 5.32 Å². The Bertz CT molecular complexity index is 520. The van der Waals surface area contributed by atoms with Gasteiger partial charge in [-0.2, -0.15) is 0 Å². The summed E-state index contributed by atoms with van der Waals surface area (Å²) in [6.45, 7) is 7.03. The van der Waals surface area contributed by atoms with Gasteiger partial charge in [-0.25, -0.2) is 9.59 Å². The first kappa shape index (κ1) is 15.8. The van der Waals surface area contributed by atoms with Crippen molar-refractivity contribution in [3.05, 3.63) is 35.4 Å². The normalized spacial score (nSPS) is 10.6. The monoisotopic (exact) mass is 276 g/mol. The first-order chi connectivity index (χ1) is 9.47. The summed E-state index contributed by atoms with van der Waals surface area (Å²) in [4.78, 5) is 24.1. The molecule has 0 aliphatic carbocycles. The van der Waals surface area contributed by atoms with Crippen LogP contribution in [0.5, 0.6) is 0 Å². The van der Waals surface area contributed by atoms with Gasteiger partial charge in [0.05, 0.1) is 0 Å². The Morgan fingerprint density at radius 2 is 1.95 bits per heavy atom. The van der Waals surface area contributed by atoms with Crippen molar-refractivity contribution >= 4 is 23.8 Å². The van der Waals surface area contributed by atoms with Crippen LogP contribution in [-0.4, -0.2) is 35.1 Å². The molecule has 2 N–H and O–H groups in total. The summed E-state index contributed by atoms with van der Waals surface area (Å²) in [6.07, 6.45) is 2.63. The van der Waals surface area contributed by atoms with E-state index in [9.17, 15) is 9.59 Å². The number of nitrogens with one attached hydrogen (secondary N) is 1. The fraction of sp³-hybridized carbons (Fsp3) is 0.333. The number of hydrogen-bond acceptors (Lipinski definition) is 2. The maximum Gasteiger partial charge on any atom is 0.328 e. The fourth-order valence-electron chi connectivity index (χ4n) is 1.81. The average Bonchev–Trinajstić information content (AvgIpc) is 2.39. The van der Waals surface area contributed by atoms with Crippen molar-refractivity contribution in [2.45, 2.75) is 20.8 Å². The summed E-state index contributed by atoms with van der Waals surface area (Å²) in [5.74, 6) is -0.983. The number of nitrogens with zero attached hydrogens (tertiary/aromatic N) is 1. The van der Waals surface area contributed by atoms with E-state index in [4.69, 9.17) is 5.11 Å². The number of benzene rings is 1. The molecule has 5 heteroatoms. The molecule has 108 valence electrons. The molecule has 0 fully saturated rings. The Balaban J connectivity index is 2.82. The predicted octanol–water partition coefficient (Wildman–Crippen LogP) is 2.97. The molecule has 2 amide bonds. The predicted molar refractivity (Wildman–Crippen MR) is 79.8 cm³/mol. The lowest BCUT2D eigenvalue weighted by Gasteiger charge is -2.19. The number of carbonyl (C=O) groups excluding carboxylic acids is 1. The molecule has 0 unspecified atom stereocenters. The van der Waals surface area contributed by atoms with Gasteiger partial charge < -0.3 is 15.3 Å². The van der Waals surface area contributed by atoms with Gasteiger partial charge in [-0.15, -0.1) is 0 Å². The van der Waals surface area contributed by atoms with E-state index in [0.29, 0.717) is 18.8 Å². The van der Waals surface area contributed by atoms with E-state index in [1.54, 1.807) is 17.0 Å². The third-order valence-electron chi connectivity index (χ3n) is 2.98. The lowest BCUT2D eigenvalue weighted by molar-refractivity contribution is -0.131. The first-order valence-corrected chi connectivity index (χ1v) is 6.55. The van der Waals surface area contributed by atoms with Crippen molar-refractivity contribution < 1.29 is 14.7 Å². The van der Waals surface area contributed by atoms with Crippen molar-refractivity contribution in [3.63, 3.8) is 0 Å². The molecule has 0 saturated heterocycles. The molecule has 20 heavy (non-hydrogen) atoms. The smallest absolute Gasteiger partial charge is 0.328 e. The van der Waals surface area contributed by atoms with Crippen LogP contribution in [0.3, 0.4) is 0 Å². The van der Waals surface area contributed by atoms with Crippen molar-refractivity contribution in [2.24, 2.45) is 0 Å². The standard InChI is InChI=1S/C15H20N2O3/c1-4-17(5-2)15(20)16-13-8-6-12(11(3)10-13)7-9-14(18)19/h6-10H,4-5H2,1-3H3,(H,16,20)(H,18,19). The third-order valence-corrected chi connectivity index (χ3v) is 2.98. The molecule has 0 atom stereocenters.